The van der Waals surface area contributed by atoms with E-state index in [1.54, 1.807) is 6.08 Å². The van der Waals surface area contributed by atoms with Crippen molar-refractivity contribution < 1.29 is 0 Å². The molecule has 1 nitrogen and oxygen atoms in total. The molecule has 0 unspecified atom stereocenters. The highest BCUT2D eigenvalue weighted by Gasteiger charge is 1.65. The van der Waals surface area contributed by atoms with Crippen molar-refractivity contribution in [2.45, 2.75) is 6.92 Å². The van der Waals surface area contributed by atoms with E-state index in [9.17, 15) is 0 Å². The minimum Gasteiger partial charge on any atom is -0.323 e. The van der Waals surface area contributed by atoms with Crippen LogP contribution in [0.5, 0.6) is 0 Å². The molecular weight excluding hydrogens is 122 g/mol. The van der Waals surface area contributed by atoms with Crippen LogP contribution in [0.4, 0.5) is 0 Å². The first-order valence-electron chi connectivity index (χ1n) is 3.22. The first kappa shape index (κ1) is 11.9. The molecule has 0 bridgehead atoms. The third-order valence-electron chi connectivity index (χ3n) is 0.517. The van der Waals surface area contributed by atoms with Crippen molar-refractivity contribution in [1.29, 1.82) is 0 Å². The van der Waals surface area contributed by atoms with Gasteiger partial charge in [-0.25, -0.2) is 0 Å². The van der Waals surface area contributed by atoms with Crippen molar-refractivity contribution in [2.24, 2.45) is 0 Å². The molecule has 10 heavy (non-hydrogen) atoms. The molecule has 0 saturated heterocycles. The van der Waals surface area contributed by atoms with E-state index in [4.69, 9.17) is 0 Å². The van der Waals surface area contributed by atoms with Gasteiger partial charge in [-0.1, -0.05) is 37.0 Å². The molecule has 0 radical (unpaired) electrons. The lowest BCUT2D eigenvalue weighted by molar-refractivity contribution is 1.02. The average molecular weight is 139 g/mol. The van der Waals surface area contributed by atoms with E-state index in [0.29, 0.717) is 0 Å². The molecule has 0 aromatic heterocycles. The van der Waals surface area contributed by atoms with Crippen LogP contribution in [-0.2, 0) is 0 Å². The number of allylic oxidation sites excluding steroid dienone is 4. The van der Waals surface area contributed by atoms with Gasteiger partial charge in [0.1, 0.15) is 0 Å². The van der Waals surface area contributed by atoms with E-state index in [-0.39, 0.29) is 0 Å². The van der Waals surface area contributed by atoms with Crippen LogP contribution in [0.1, 0.15) is 6.92 Å². The topological polar surface area (TPSA) is 12.0 Å². The van der Waals surface area contributed by atoms with Crippen LogP contribution in [0, 0.1) is 0 Å². The maximum Gasteiger partial charge on any atom is -0.0167 e. The average Bonchev–Trinajstić information content (AvgIpc) is 1.85. The highest BCUT2D eigenvalue weighted by molar-refractivity contribution is 5.15. The molecule has 0 aliphatic rings. The molecule has 0 aromatic carbocycles. The minimum absolute atomic E-state index is 1.06. The van der Waals surface area contributed by atoms with Crippen LogP contribution in [0.3, 0.4) is 0 Å². The highest BCUT2D eigenvalue weighted by atomic mass is 14.7. The second-order valence-electron chi connectivity index (χ2n) is 1.94. The number of hydrogen-bond acceptors (Lipinski definition) is 1. The van der Waals surface area contributed by atoms with E-state index in [0.717, 1.165) is 5.57 Å². The van der Waals surface area contributed by atoms with Crippen LogP contribution < -0.4 is 5.32 Å². The fourth-order valence-electron chi connectivity index (χ4n) is 0.232. The van der Waals surface area contributed by atoms with Gasteiger partial charge in [-0.15, -0.1) is 0 Å². The van der Waals surface area contributed by atoms with E-state index < -0.39 is 0 Å². The lowest BCUT2D eigenvalue weighted by atomic mass is 10.3. The number of hydrogen-bond donors (Lipinski definition) is 1. The normalized spacial score (nSPS) is 8.30. The maximum absolute atomic E-state index is 3.66. The summed E-state index contributed by atoms with van der Waals surface area (Å²) in [7, 11) is 3.75. The minimum atomic E-state index is 1.06. The zero-order valence-electron chi connectivity index (χ0n) is 7.15. The molecule has 0 spiro atoms. The predicted molar refractivity (Wildman–Crippen MR) is 49.1 cm³/mol. The molecule has 0 amide bonds. The van der Waals surface area contributed by atoms with Crippen molar-refractivity contribution >= 4 is 0 Å². The summed E-state index contributed by atoms with van der Waals surface area (Å²) in [6.07, 6.45) is 5.50. The van der Waals surface area contributed by atoms with Crippen molar-refractivity contribution in [2.75, 3.05) is 14.1 Å². The van der Waals surface area contributed by atoms with E-state index in [2.05, 4.69) is 18.5 Å². The smallest absolute Gasteiger partial charge is 0.0167 e. The molecule has 58 valence electrons. The molecular formula is C9H17N. The van der Waals surface area contributed by atoms with Crippen LogP contribution in [0.25, 0.3) is 0 Å². The van der Waals surface area contributed by atoms with Crippen molar-refractivity contribution in [3.8, 4) is 0 Å². The Balaban J connectivity index is 0. The van der Waals surface area contributed by atoms with Gasteiger partial charge >= 0.3 is 0 Å². The van der Waals surface area contributed by atoms with E-state index in [1.165, 1.54) is 0 Å². The summed E-state index contributed by atoms with van der Waals surface area (Å²) in [5, 5.41) is 2.75. The molecule has 0 aliphatic heterocycles. The first-order valence-corrected chi connectivity index (χ1v) is 3.22. The summed E-state index contributed by atoms with van der Waals surface area (Å²) in [5.74, 6) is 0. The predicted octanol–water partition coefficient (Wildman–Crippen LogP) is 2.14. The highest BCUT2D eigenvalue weighted by Crippen LogP contribution is 1.86. The molecule has 1 N–H and O–H groups in total. The second-order valence-corrected chi connectivity index (χ2v) is 1.94. The van der Waals surface area contributed by atoms with Gasteiger partial charge in [0, 0.05) is 0 Å². The fourth-order valence-corrected chi connectivity index (χ4v) is 0.232. The van der Waals surface area contributed by atoms with Gasteiger partial charge < -0.3 is 5.32 Å². The fraction of sp³-hybridized carbons (Fsp3) is 0.333. The summed E-state index contributed by atoms with van der Waals surface area (Å²) >= 11 is 0. The Kier molecular flexibility index (Phi) is 13.2. The van der Waals surface area contributed by atoms with Gasteiger partial charge in [-0.3, -0.25) is 0 Å². The van der Waals surface area contributed by atoms with Crippen LogP contribution >= 0.6 is 0 Å². The quantitative estimate of drug-likeness (QED) is 0.578. The van der Waals surface area contributed by atoms with Gasteiger partial charge in [0.15, 0.2) is 0 Å². The molecule has 0 fully saturated rings. The molecule has 0 aliphatic carbocycles. The second kappa shape index (κ2) is 11.0. The third-order valence-corrected chi connectivity index (χ3v) is 0.517. The zero-order valence-corrected chi connectivity index (χ0v) is 7.15. The van der Waals surface area contributed by atoms with Gasteiger partial charge in [0.25, 0.3) is 0 Å². The lowest BCUT2D eigenvalue weighted by Crippen LogP contribution is -1.89. The lowest BCUT2D eigenvalue weighted by Gasteiger charge is -1.77. The molecule has 0 heterocycles. The summed E-state index contributed by atoms with van der Waals surface area (Å²) in [5.41, 5.74) is 1.06. The monoisotopic (exact) mass is 139 g/mol. The summed E-state index contributed by atoms with van der Waals surface area (Å²) in [6, 6.07) is 0. The van der Waals surface area contributed by atoms with Crippen molar-refractivity contribution in [3.63, 3.8) is 0 Å². The molecule has 0 aromatic rings. The van der Waals surface area contributed by atoms with Gasteiger partial charge in [-0.2, -0.15) is 0 Å². The van der Waals surface area contributed by atoms with E-state index in [1.807, 2.05) is 33.2 Å². The Labute approximate surface area is 64.1 Å². The Hall–Kier alpha value is -0.820. The van der Waals surface area contributed by atoms with Gasteiger partial charge in [0.05, 0.1) is 0 Å². The molecule has 0 saturated carbocycles. The standard InChI is InChI=1S/C7H10.C2H7N/c1-4-5-6-7(2)3;1-3-2/h4-6H,1-2H2,3H3;3H,1-2H3/b6-5-;. The zero-order chi connectivity index (χ0) is 8.41. The van der Waals surface area contributed by atoms with Crippen molar-refractivity contribution in [3.05, 3.63) is 37.0 Å². The summed E-state index contributed by atoms with van der Waals surface area (Å²) in [4.78, 5) is 0. The van der Waals surface area contributed by atoms with Crippen molar-refractivity contribution in [1.82, 2.24) is 5.32 Å². The number of rotatable bonds is 2. The van der Waals surface area contributed by atoms with Crippen LogP contribution in [-0.4, -0.2) is 14.1 Å². The molecule has 1 heteroatoms. The van der Waals surface area contributed by atoms with Gasteiger partial charge in [0.2, 0.25) is 0 Å². The summed E-state index contributed by atoms with van der Waals surface area (Å²) < 4.78 is 0. The Morgan fingerprint density at radius 1 is 1.40 bits per heavy atom. The van der Waals surface area contributed by atoms with Crippen LogP contribution in [0.2, 0.25) is 0 Å². The van der Waals surface area contributed by atoms with Crippen LogP contribution in [0.15, 0.2) is 37.0 Å². The number of nitrogens with one attached hydrogen (secondary N) is 1. The van der Waals surface area contributed by atoms with E-state index >= 15 is 0 Å². The Morgan fingerprint density at radius 2 is 1.80 bits per heavy atom. The summed E-state index contributed by atoms with van der Waals surface area (Å²) in [6.45, 7) is 9.11. The maximum atomic E-state index is 3.66. The molecule has 0 atom stereocenters. The van der Waals surface area contributed by atoms with Gasteiger partial charge in [-0.05, 0) is 21.0 Å². The Morgan fingerprint density at radius 3 is 1.90 bits per heavy atom. The Bertz CT molecular complexity index is 112. The molecule has 0 rings (SSSR count). The third kappa shape index (κ3) is 27.1. The largest absolute Gasteiger partial charge is 0.323 e. The SMILES string of the molecule is C=C/C=C\C(=C)C.CNC. The first-order chi connectivity index (χ1) is 4.68.